The number of likely N-dealkylation sites (tertiary alicyclic amines) is 1. The average molecular weight is 410 g/mol. The van der Waals surface area contributed by atoms with Crippen LogP contribution in [0.4, 0.5) is 0 Å². The number of quaternary nitrogens is 1. The third-order valence-corrected chi connectivity index (χ3v) is 6.86. The van der Waals surface area contributed by atoms with Crippen LogP contribution in [0, 0.1) is 12.8 Å². The van der Waals surface area contributed by atoms with Crippen LogP contribution < -0.4 is 10.5 Å². The number of hydrogen-bond acceptors (Lipinski definition) is 4. The Labute approximate surface area is 177 Å². The van der Waals surface area contributed by atoms with Crippen LogP contribution in [0.15, 0.2) is 29.1 Å². The summed E-state index contributed by atoms with van der Waals surface area (Å²) >= 11 is 0. The van der Waals surface area contributed by atoms with Crippen molar-refractivity contribution >= 4 is 10.9 Å². The summed E-state index contributed by atoms with van der Waals surface area (Å²) in [6, 6.07) is 8.04. The summed E-state index contributed by atoms with van der Waals surface area (Å²) in [6.07, 6.45) is 3.20. The zero-order valence-corrected chi connectivity index (χ0v) is 18.7. The van der Waals surface area contributed by atoms with Gasteiger partial charge in [-0.15, -0.1) is 5.10 Å². The maximum absolute atomic E-state index is 13.3. The summed E-state index contributed by atoms with van der Waals surface area (Å²) in [5, 5.41) is 13.9. The molecule has 0 radical (unpaired) electrons. The molecule has 30 heavy (non-hydrogen) atoms. The molecule has 1 saturated heterocycles. The van der Waals surface area contributed by atoms with Crippen molar-refractivity contribution in [2.75, 3.05) is 13.1 Å². The van der Waals surface area contributed by atoms with Gasteiger partial charge in [-0.25, -0.2) is 4.68 Å². The van der Waals surface area contributed by atoms with Gasteiger partial charge in [-0.2, -0.15) is 0 Å². The molecule has 1 aromatic carbocycles. The Morgan fingerprint density at radius 1 is 1.27 bits per heavy atom. The molecule has 1 atom stereocenters. The van der Waals surface area contributed by atoms with Gasteiger partial charge in [0.15, 0.2) is 6.04 Å². The number of fused-ring (bicyclic) bond motifs is 1. The number of rotatable bonds is 5. The molecule has 7 heteroatoms. The molecule has 3 heterocycles. The summed E-state index contributed by atoms with van der Waals surface area (Å²) in [5.41, 5.74) is 2.48. The number of nitrogens with zero attached hydrogens (tertiary/aromatic N) is 4. The Morgan fingerprint density at radius 3 is 2.70 bits per heavy atom. The number of benzene rings is 1. The van der Waals surface area contributed by atoms with Gasteiger partial charge in [-0.1, -0.05) is 26.0 Å². The summed E-state index contributed by atoms with van der Waals surface area (Å²) in [4.78, 5) is 17.8. The van der Waals surface area contributed by atoms with Crippen LogP contribution in [0.3, 0.4) is 0 Å². The maximum atomic E-state index is 13.3. The van der Waals surface area contributed by atoms with Crippen molar-refractivity contribution in [1.29, 1.82) is 0 Å². The van der Waals surface area contributed by atoms with Crippen LogP contribution in [0.2, 0.25) is 0 Å². The molecule has 0 spiro atoms. The molecule has 4 rings (SSSR count). The first-order chi connectivity index (χ1) is 14.3. The third-order valence-electron chi connectivity index (χ3n) is 6.86. The zero-order chi connectivity index (χ0) is 21.5. The van der Waals surface area contributed by atoms with Crippen molar-refractivity contribution in [3.8, 4) is 0 Å². The van der Waals surface area contributed by atoms with Gasteiger partial charge in [0.05, 0.1) is 24.2 Å². The Balaban J connectivity index is 1.88. The Morgan fingerprint density at radius 2 is 2.00 bits per heavy atom. The van der Waals surface area contributed by atoms with Gasteiger partial charge in [0.25, 0.3) is 5.56 Å². The number of tetrazole rings is 1. The van der Waals surface area contributed by atoms with E-state index in [1.807, 2.05) is 23.7 Å². The number of aromatic amines is 1. The second kappa shape index (κ2) is 7.95. The highest BCUT2D eigenvalue weighted by molar-refractivity contribution is 5.79. The molecule has 3 aromatic rings. The van der Waals surface area contributed by atoms with E-state index in [1.54, 1.807) is 0 Å². The number of nitrogens with one attached hydrogen (secondary N) is 2. The quantitative estimate of drug-likeness (QED) is 0.678. The van der Waals surface area contributed by atoms with Crippen LogP contribution >= 0.6 is 0 Å². The van der Waals surface area contributed by atoms with Gasteiger partial charge >= 0.3 is 0 Å². The fourth-order valence-corrected chi connectivity index (χ4v) is 4.46. The minimum Gasteiger partial charge on any atom is -0.322 e. The van der Waals surface area contributed by atoms with Crippen molar-refractivity contribution in [3.05, 3.63) is 51.6 Å². The first-order valence-corrected chi connectivity index (χ1v) is 11.1. The van der Waals surface area contributed by atoms with Crippen LogP contribution in [0.1, 0.15) is 70.0 Å². The van der Waals surface area contributed by atoms with E-state index in [0.717, 1.165) is 66.1 Å². The van der Waals surface area contributed by atoms with Crippen molar-refractivity contribution in [3.63, 3.8) is 0 Å². The van der Waals surface area contributed by atoms with Gasteiger partial charge < -0.3 is 9.88 Å². The van der Waals surface area contributed by atoms with E-state index >= 15 is 0 Å². The fraction of sp³-hybridized carbons (Fsp3) is 0.565. The number of H-pyrrole nitrogens is 1. The van der Waals surface area contributed by atoms with Crippen molar-refractivity contribution in [1.82, 2.24) is 25.2 Å². The molecule has 0 amide bonds. The topological polar surface area (TPSA) is 80.9 Å². The van der Waals surface area contributed by atoms with E-state index < -0.39 is 0 Å². The van der Waals surface area contributed by atoms with Crippen LogP contribution in [-0.4, -0.2) is 38.3 Å². The molecule has 2 aromatic heterocycles. The third kappa shape index (κ3) is 3.78. The summed E-state index contributed by atoms with van der Waals surface area (Å²) < 4.78 is 1.93. The number of pyridine rings is 1. The minimum absolute atomic E-state index is 0.0481. The van der Waals surface area contributed by atoms with Gasteiger partial charge in [0.2, 0.25) is 5.82 Å². The predicted molar refractivity (Wildman–Crippen MR) is 118 cm³/mol. The second-order valence-electron chi connectivity index (χ2n) is 9.53. The highest BCUT2D eigenvalue weighted by Crippen LogP contribution is 2.25. The Bertz CT molecular complexity index is 1090. The molecule has 1 aliphatic rings. The van der Waals surface area contributed by atoms with Crippen molar-refractivity contribution in [2.24, 2.45) is 5.92 Å². The fourth-order valence-electron chi connectivity index (χ4n) is 4.46. The lowest BCUT2D eigenvalue weighted by Gasteiger charge is -2.34. The Hall–Kier alpha value is -2.54. The van der Waals surface area contributed by atoms with Gasteiger partial charge in [-0.3, -0.25) is 4.79 Å². The maximum Gasteiger partial charge on any atom is 0.258 e. The second-order valence-corrected chi connectivity index (χ2v) is 9.53. The predicted octanol–water partition coefficient (Wildman–Crippen LogP) is 2.37. The summed E-state index contributed by atoms with van der Waals surface area (Å²) in [6.45, 7) is 12.8. The highest BCUT2D eigenvalue weighted by Gasteiger charge is 2.38. The van der Waals surface area contributed by atoms with Crippen LogP contribution in [0.25, 0.3) is 10.9 Å². The highest BCUT2D eigenvalue weighted by atomic mass is 16.1. The molecule has 0 aliphatic carbocycles. The van der Waals surface area contributed by atoms with Gasteiger partial charge in [-0.05, 0) is 79.5 Å². The van der Waals surface area contributed by atoms with E-state index in [0.29, 0.717) is 0 Å². The SMILES string of the molecule is CCC(C)(C)n1nnnc1[C@H](c1cc2ccc(C)cc2[nH]c1=O)[NH+]1CCC(C)CC1. The van der Waals surface area contributed by atoms with Gasteiger partial charge in [0.1, 0.15) is 0 Å². The minimum atomic E-state index is -0.222. The smallest absolute Gasteiger partial charge is 0.258 e. The van der Waals surface area contributed by atoms with E-state index in [1.165, 1.54) is 4.90 Å². The van der Waals surface area contributed by atoms with Crippen molar-refractivity contribution in [2.45, 2.75) is 65.5 Å². The number of hydrogen-bond donors (Lipinski definition) is 2. The monoisotopic (exact) mass is 409 g/mol. The number of piperidine rings is 1. The lowest BCUT2D eigenvalue weighted by molar-refractivity contribution is -0.932. The standard InChI is InChI=1S/C23H32N6O/c1-6-23(4,5)29-21(25-26-27-29)20(28-11-9-15(2)10-12-28)18-14-17-8-7-16(3)13-19(17)24-22(18)30/h7-8,13-15,20H,6,9-12H2,1-5H3,(H,24,30)/p+1/t20-/m0/s1. The molecular formula is C23H33N6O+. The first-order valence-electron chi connectivity index (χ1n) is 11.1. The molecule has 1 fully saturated rings. The van der Waals surface area contributed by atoms with E-state index in [-0.39, 0.29) is 17.1 Å². The van der Waals surface area contributed by atoms with Crippen molar-refractivity contribution < 1.29 is 4.90 Å². The molecular weight excluding hydrogens is 376 g/mol. The number of aromatic nitrogens is 5. The van der Waals surface area contributed by atoms with Gasteiger partial charge in [0, 0.05) is 5.52 Å². The Kier molecular flexibility index (Phi) is 5.49. The molecule has 2 N–H and O–H groups in total. The van der Waals surface area contributed by atoms with Crippen LogP contribution in [-0.2, 0) is 5.54 Å². The average Bonchev–Trinajstić information content (AvgIpc) is 3.20. The molecule has 0 unspecified atom stereocenters. The first kappa shape index (κ1) is 20.7. The van der Waals surface area contributed by atoms with E-state index in [2.05, 4.69) is 60.3 Å². The van der Waals surface area contributed by atoms with Crippen LogP contribution in [0.5, 0.6) is 0 Å². The molecule has 160 valence electrons. The zero-order valence-electron chi connectivity index (χ0n) is 18.7. The molecule has 1 aliphatic heterocycles. The molecule has 0 saturated carbocycles. The van der Waals surface area contributed by atoms with E-state index in [9.17, 15) is 4.79 Å². The largest absolute Gasteiger partial charge is 0.322 e. The molecule has 0 bridgehead atoms. The molecule has 7 nitrogen and oxygen atoms in total. The lowest BCUT2D eigenvalue weighted by Crippen LogP contribution is -3.13. The normalized spacial score (nSPS) is 21.1. The lowest BCUT2D eigenvalue weighted by atomic mass is 9.94. The number of aryl methyl sites for hydroxylation is 1. The van der Waals surface area contributed by atoms with E-state index in [4.69, 9.17) is 0 Å². The summed E-state index contributed by atoms with van der Waals surface area (Å²) in [5.74, 6) is 1.50. The summed E-state index contributed by atoms with van der Waals surface area (Å²) in [7, 11) is 0.